The van der Waals surface area contributed by atoms with Crippen LogP contribution in [0.3, 0.4) is 0 Å². The first-order valence-electron chi connectivity index (χ1n) is 11.9. The van der Waals surface area contributed by atoms with Crippen LogP contribution in [0.25, 0.3) is 0 Å². The summed E-state index contributed by atoms with van der Waals surface area (Å²) in [6, 6.07) is 0.521. The van der Waals surface area contributed by atoms with Crippen LogP contribution in [-0.4, -0.2) is 91.1 Å². The largest absolute Gasteiger partial charge is 0.450 e. The fourth-order valence-corrected chi connectivity index (χ4v) is 6.24. The highest BCUT2D eigenvalue weighted by atomic mass is 19.4. The molecule has 182 valence electrons. The summed E-state index contributed by atoms with van der Waals surface area (Å²) in [6.07, 6.45) is 1.26. The number of ether oxygens (including phenoxy) is 2. The molecule has 4 fully saturated rings. The van der Waals surface area contributed by atoms with Crippen molar-refractivity contribution in [2.75, 3.05) is 45.9 Å². The number of likely N-dealkylation sites (tertiary alicyclic amines) is 3. The van der Waals surface area contributed by atoms with E-state index in [1.807, 2.05) is 11.8 Å². The molecule has 7 nitrogen and oxygen atoms in total. The quantitative estimate of drug-likeness (QED) is 0.636. The standard InChI is InChI=1S/C22H34F3N3O4/c1-2-31-19(29)27-11-7-21(14-27)12-17(13-21)26-9-5-16(6-10-26)18-4-3-8-28(18)20(30)32-15-22(23,24)25/h16-18H,2-15H2,1H3. The van der Waals surface area contributed by atoms with Gasteiger partial charge in [0.2, 0.25) is 0 Å². The van der Waals surface area contributed by atoms with E-state index >= 15 is 0 Å². The van der Waals surface area contributed by atoms with E-state index in [4.69, 9.17) is 4.74 Å². The Bertz CT molecular complexity index is 690. The Morgan fingerprint density at radius 2 is 1.72 bits per heavy atom. The van der Waals surface area contributed by atoms with Gasteiger partial charge in [-0.1, -0.05) is 0 Å². The molecule has 3 heterocycles. The summed E-state index contributed by atoms with van der Waals surface area (Å²) in [7, 11) is 0. The highest BCUT2D eigenvalue weighted by Gasteiger charge is 2.52. The Hall–Kier alpha value is -1.71. The molecule has 1 atom stereocenters. The highest BCUT2D eigenvalue weighted by Crippen LogP contribution is 2.51. The van der Waals surface area contributed by atoms with Gasteiger partial charge in [-0.05, 0) is 76.3 Å². The first-order valence-corrected chi connectivity index (χ1v) is 11.9. The maximum absolute atomic E-state index is 12.4. The van der Waals surface area contributed by atoms with E-state index in [1.54, 1.807) is 0 Å². The van der Waals surface area contributed by atoms with Crippen molar-refractivity contribution in [1.29, 1.82) is 0 Å². The maximum atomic E-state index is 12.4. The maximum Gasteiger partial charge on any atom is 0.422 e. The fraction of sp³-hybridized carbons (Fsp3) is 0.909. The van der Waals surface area contributed by atoms with Crippen LogP contribution < -0.4 is 0 Å². The van der Waals surface area contributed by atoms with Gasteiger partial charge >= 0.3 is 18.4 Å². The average molecular weight is 462 g/mol. The first-order chi connectivity index (χ1) is 15.2. The molecule has 0 aromatic rings. The second kappa shape index (κ2) is 9.27. The van der Waals surface area contributed by atoms with Gasteiger partial charge in [0.1, 0.15) is 0 Å². The third kappa shape index (κ3) is 5.10. The van der Waals surface area contributed by atoms with Crippen molar-refractivity contribution in [3.63, 3.8) is 0 Å². The number of nitrogens with zero attached hydrogens (tertiary/aromatic N) is 3. The number of carbonyl (C=O) groups excluding carboxylic acids is 2. The Morgan fingerprint density at radius 1 is 1.00 bits per heavy atom. The molecular formula is C22H34F3N3O4. The number of rotatable bonds is 4. The van der Waals surface area contributed by atoms with Gasteiger partial charge in [0.25, 0.3) is 0 Å². The number of halogens is 3. The Balaban J connectivity index is 1.21. The number of hydrogen-bond acceptors (Lipinski definition) is 5. The third-order valence-electron chi connectivity index (χ3n) is 7.83. The van der Waals surface area contributed by atoms with Gasteiger partial charge in [-0.15, -0.1) is 0 Å². The van der Waals surface area contributed by atoms with Crippen LogP contribution >= 0.6 is 0 Å². The average Bonchev–Trinajstić information content (AvgIpc) is 3.38. The summed E-state index contributed by atoms with van der Waals surface area (Å²) < 4.78 is 46.8. The minimum absolute atomic E-state index is 0.0152. The number of piperidine rings is 1. The molecule has 32 heavy (non-hydrogen) atoms. The van der Waals surface area contributed by atoms with Crippen molar-refractivity contribution in [2.45, 2.75) is 70.1 Å². The van der Waals surface area contributed by atoms with Crippen molar-refractivity contribution in [3.8, 4) is 0 Å². The molecule has 0 aromatic carbocycles. The van der Waals surface area contributed by atoms with Crippen molar-refractivity contribution in [1.82, 2.24) is 14.7 Å². The normalized spacial score (nSPS) is 31.8. The van der Waals surface area contributed by atoms with E-state index < -0.39 is 18.9 Å². The van der Waals surface area contributed by atoms with Crippen LogP contribution in [-0.2, 0) is 9.47 Å². The summed E-state index contributed by atoms with van der Waals surface area (Å²) in [4.78, 5) is 30.0. The summed E-state index contributed by atoms with van der Waals surface area (Å²) in [5, 5.41) is 0. The first kappa shape index (κ1) is 23.4. The van der Waals surface area contributed by atoms with E-state index in [-0.39, 0.29) is 17.6 Å². The molecular weight excluding hydrogens is 427 g/mol. The van der Waals surface area contributed by atoms with Crippen LogP contribution in [0.4, 0.5) is 22.8 Å². The molecule has 4 rings (SSSR count). The second-order valence-corrected chi connectivity index (χ2v) is 9.88. The Morgan fingerprint density at radius 3 is 2.38 bits per heavy atom. The predicted octanol–water partition coefficient (Wildman–Crippen LogP) is 3.87. The van der Waals surface area contributed by atoms with E-state index in [2.05, 4.69) is 9.64 Å². The van der Waals surface area contributed by atoms with E-state index in [0.717, 1.165) is 71.1 Å². The molecule has 3 aliphatic heterocycles. The minimum atomic E-state index is -4.50. The van der Waals surface area contributed by atoms with Gasteiger partial charge in [-0.2, -0.15) is 13.2 Å². The number of carbonyl (C=O) groups is 2. The van der Waals surface area contributed by atoms with Crippen molar-refractivity contribution in [3.05, 3.63) is 0 Å². The summed E-state index contributed by atoms with van der Waals surface area (Å²) in [6.45, 7) is 4.64. The molecule has 0 bridgehead atoms. The molecule has 0 radical (unpaired) electrons. The number of hydrogen-bond donors (Lipinski definition) is 0. The zero-order valence-corrected chi connectivity index (χ0v) is 18.7. The lowest BCUT2D eigenvalue weighted by molar-refractivity contribution is -0.162. The monoisotopic (exact) mass is 461 g/mol. The predicted molar refractivity (Wildman–Crippen MR) is 110 cm³/mol. The van der Waals surface area contributed by atoms with Crippen LogP contribution in [0, 0.1) is 11.3 Å². The molecule has 0 aromatic heterocycles. The smallest absolute Gasteiger partial charge is 0.422 e. The van der Waals surface area contributed by atoms with Gasteiger partial charge in [-0.25, -0.2) is 9.59 Å². The number of alkyl halides is 3. The molecule has 2 amide bonds. The molecule has 4 aliphatic rings. The Kier molecular flexibility index (Phi) is 6.79. The second-order valence-electron chi connectivity index (χ2n) is 9.88. The van der Waals surface area contributed by atoms with Crippen molar-refractivity contribution in [2.24, 2.45) is 11.3 Å². The SMILES string of the molecule is CCOC(=O)N1CCC2(CC(N3CCC(C4CCCN4C(=O)OCC(F)(F)F)CC3)C2)C1. The third-order valence-corrected chi connectivity index (χ3v) is 7.83. The highest BCUT2D eigenvalue weighted by molar-refractivity contribution is 5.68. The lowest BCUT2D eigenvalue weighted by Crippen LogP contribution is -2.55. The van der Waals surface area contributed by atoms with Crippen LogP contribution in [0.1, 0.15) is 51.9 Å². The van der Waals surface area contributed by atoms with Gasteiger partial charge in [0.15, 0.2) is 6.61 Å². The molecule has 1 spiro atoms. The number of amides is 2. The van der Waals surface area contributed by atoms with E-state index in [1.165, 1.54) is 4.90 Å². The zero-order chi connectivity index (χ0) is 22.9. The van der Waals surface area contributed by atoms with Crippen LogP contribution in [0.15, 0.2) is 0 Å². The van der Waals surface area contributed by atoms with Crippen molar-refractivity contribution < 1.29 is 32.2 Å². The molecule has 1 aliphatic carbocycles. The fourth-order valence-electron chi connectivity index (χ4n) is 6.24. The molecule has 0 N–H and O–H groups in total. The lowest BCUT2D eigenvalue weighted by atomic mass is 9.64. The topological polar surface area (TPSA) is 62.3 Å². The Labute approximate surface area is 187 Å². The molecule has 1 saturated carbocycles. The van der Waals surface area contributed by atoms with Gasteiger partial charge < -0.3 is 24.2 Å². The summed E-state index contributed by atoms with van der Waals surface area (Å²) in [5.74, 6) is 0.312. The van der Waals surface area contributed by atoms with E-state index in [9.17, 15) is 22.8 Å². The zero-order valence-electron chi connectivity index (χ0n) is 18.7. The molecule has 3 saturated heterocycles. The lowest BCUT2D eigenvalue weighted by Gasteiger charge is -2.52. The van der Waals surface area contributed by atoms with Crippen LogP contribution in [0.2, 0.25) is 0 Å². The van der Waals surface area contributed by atoms with Crippen molar-refractivity contribution >= 4 is 12.2 Å². The molecule has 10 heteroatoms. The van der Waals surface area contributed by atoms with Gasteiger partial charge in [0, 0.05) is 31.7 Å². The van der Waals surface area contributed by atoms with Gasteiger partial charge in [-0.3, -0.25) is 0 Å². The van der Waals surface area contributed by atoms with E-state index in [0.29, 0.717) is 25.1 Å². The van der Waals surface area contributed by atoms with Gasteiger partial charge in [0.05, 0.1) is 6.61 Å². The summed E-state index contributed by atoms with van der Waals surface area (Å²) in [5.41, 5.74) is 0.235. The van der Waals surface area contributed by atoms with Crippen LogP contribution in [0.5, 0.6) is 0 Å². The minimum Gasteiger partial charge on any atom is -0.450 e. The molecule has 1 unspecified atom stereocenters. The summed E-state index contributed by atoms with van der Waals surface area (Å²) >= 11 is 0.